The molecule has 0 saturated heterocycles. The first-order valence-corrected chi connectivity index (χ1v) is 9.84. The lowest BCUT2D eigenvalue weighted by molar-refractivity contribution is -0.121. The van der Waals surface area contributed by atoms with Gasteiger partial charge in [0.05, 0.1) is 17.9 Å². The Bertz CT molecular complexity index is 752. The molecule has 1 N–H and O–H groups in total. The maximum absolute atomic E-state index is 13.6. The van der Waals surface area contributed by atoms with E-state index in [4.69, 9.17) is 4.74 Å². The first kappa shape index (κ1) is 19.6. The number of hydrogen-bond acceptors (Lipinski definition) is 3. The summed E-state index contributed by atoms with van der Waals surface area (Å²) in [5.74, 6) is -0.0136. The van der Waals surface area contributed by atoms with Crippen molar-refractivity contribution in [2.24, 2.45) is 0 Å². The molecule has 25 heavy (non-hydrogen) atoms. The molecule has 0 spiro atoms. The van der Waals surface area contributed by atoms with Crippen LogP contribution in [-0.2, 0) is 22.1 Å². The molecule has 0 fully saturated rings. The van der Waals surface area contributed by atoms with Crippen molar-refractivity contribution in [1.29, 1.82) is 0 Å². The van der Waals surface area contributed by atoms with E-state index < -0.39 is 16.6 Å². The molecular formula is C18H19BrFNO3S. The van der Waals surface area contributed by atoms with Gasteiger partial charge < -0.3 is 10.1 Å². The number of methoxy groups -OCH3 is 1. The molecule has 0 radical (unpaired) electrons. The summed E-state index contributed by atoms with van der Waals surface area (Å²) in [6.45, 7) is 0.246. The molecule has 1 atom stereocenters. The SMILES string of the molecule is COc1ccc(CNC(=O)CCCS(=O)c2ccc(Br)cc2)cc1F. The van der Waals surface area contributed by atoms with E-state index in [9.17, 15) is 13.4 Å². The van der Waals surface area contributed by atoms with Crippen LogP contribution in [0.5, 0.6) is 5.75 Å². The van der Waals surface area contributed by atoms with Gasteiger partial charge in [-0.2, -0.15) is 0 Å². The molecule has 0 heterocycles. The number of nitrogens with one attached hydrogen (secondary N) is 1. The summed E-state index contributed by atoms with van der Waals surface area (Å²) in [6.07, 6.45) is 0.798. The van der Waals surface area contributed by atoms with Crippen LogP contribution < -0.4 is 10.1 Å². The second-order valence-electron chi connectivity index (χ2n) is 5.35. The molecule has 4 nitrogen and oxygen atoms in total. The quantitative estimate of drug-likeness (QED) is 0.696. The number of carbonyl (C=O) groups is 1. The third-order valence-electron chi connectivity index (χ3n) is 3.52. The van der Waals surface area contributed by atoms with Gasteiger partial charge in [-0.1, -0.05) is 22.0 Å². The maximum atomic E-state index is 13.6. The topological polar surface area (TPSA) is 55.4 Å². The highest BCUT2D eigenvalue weighted by Crippen LogP contribution is 2.17. The van der Waals surface area contributed by atoms with E-state index in [1.165, 1.54) is 19.2 Å². The van der Waals surface area contributed by atoms with Gasteiger partial charge in [0.25, 0.3) is 0 Å². The summed E-state index contributed by atoms with van der Waals surface area (Å²) in [6, 6.07) is 11.9. The molecule has 0 aliphatic rings. The van der Waals surface area contributed by atoms with Crippen molar-refractivity contribution in [3.63, 3.8) is 0 Å². The molecule has 0 aliphatic heterocycles. The Morgan fingerprint density at radius 1 is 1.24 bits per heavy atom. The van der Waals surface area contributed by atoms with Crippen molar-refractivity contribution in [3.8, 4) is 5.75 Å². The molecule has 1 unspecified atom stereocenters. The third-order valence-corrected chi connectivity index (χ3v) is 5.50. The van der Waals surface area contributed by atoms with Gasteiger partial charge in [0.2, 0.25) is 5.91 Å². The van der Waals surface area contributed by atoms with Gasteiger partial charge in [-0.05, 0) is 48.4 Å². The van der Waals surface area contributed by atoms with E-state index in [-0.39, 0.29) is 24.6 Å². The second kappa shape index (κ2) is 9.68. The minimum Gasteiger partial charge on any atom is -0.494 e. The fourth-order valence-corrected chi connectivity index (χ4v) is 3.52. The molecule has 1 amide bonds. The van der Waals surface area contributed by atoms with Crippen molar-refractivity contribution in [2.45, 2.75) is 24.3 Å². The van der Waals surface area contributed by atoms with Crippen molar-refractivity contribution in [1.82, 2.24) is 5.32 Å². The van der Waals surface area contributed by atoms with Crippen LogP contribution >= 0.6 is 15.9 Å². The predicted octanol–water partition coefficient (Wildman–Crippen LogP) is 3.80. The summed E-state index contributed by atoms with van der Waals surface area (Å²) in [7, 11) is 0.282. The van der Waals surface area contributed by atoms with Crippen LogP contribution in [0, 0.1) is 5.82 Å². The Morgan fingerprint density at radius 3 is 2.60 bits per heavy atom. The van der Waals surface area contributed by atoms with Gasteiger partial charge in [-0.25, -0.2) is 4.39 Å². The van der Waals surface area contributed by atoms with E-state index >= 15 is 0 Å². The molecule has 7 heteroatoms. The van der Waals surface area contributed by atoms with Gasteiger partial charge >= 0.3 is 0 Å². The third kappa shape index (κ3) is 6.25. The van der Waals surface area contributed by atoms with Crippen LogP contribution in [-0.4, -0.2) is 23.0 Å². The fourth-order valence-electron chi connectivity index (χ4n) is 2.18. The predicted molar refractivity (Wildman–Crippen MR) is 99.5 cm³/mol. The van der Waals surface area contributed by atoms with Crippen LogP contribution in [0.25, 0.3) is 0 Å². The lowest BCUT2D eigenvalue weighted by Gasteiger charge is -2.07. The van der Waals surface area contributed by atoms with Crippen molar-refractivity contribution in [3.05, 3.63) is 58.3 Å². The van der Waals surface area contributed by atoms with Crippen LogP contribution in [0.4, 0.5) is 4.39 Å². The second-order valence-corrected chi connectivity index (χ2v) is 7.84. The first-order chi connectivity index (χ1) is 12.0. The minimum absolute atomic E-state index is 0.149. The van der Waals surface area contributed by atoms with Crippen molar-refractivity contribution < 1.29 is 18.1 Å². The van der Waals surface area contributed by atoms with Gasteiger partial charge in [-0.3, -0.25) is 9.00 Å². The zero-order chi connectivity index (χ0) is 18.2. The van der Waals surface area contributed by atoms with E-state index in [0.29, 0.717) is 17.7 Å². The molecule has 0 aromatic heterocycles. The monoisotopic (exact) mass is 427 g/mol. The Labute approximate surface area is 157 Å². The van der Waals surface area contributed by atoms with Crippen molar-refractivity contribution >= 4 is 32.6 Å². The van der Waals surface area contributed by atoms with Crippen molar-refractivity contribution in [2.75, 3.05) is 12.9 Å². The lowest BCUT2D eigenvalue weighted by atomic mass is 10.2. The number of carbonyl (C=O) groups excluding carboxylic acids is 1. The molecular weight excluding hydrogens is 409 g/mol. The van der Waals surface area contributed by atoms with Gasteiger partial charge in [-0.15, -0.1) is 0 Å². The number of halogens is 2. The summed E-state index contributed by atoms with van der Waals surface area (Å²) < 4.78 is 31.5. The van der Waals surface area contributed by atoms with Gasteiger partial charge in [0.15, 0.2) is 11.6 Å². The smallest absolute Gasteiger partial charge is 0.220 e. The van der Waals surface area contributed by atoms with Crippen LogP contribution in [0.1, 0.15) is 18.4 Å². The summed E-state index contributed by atoms with van der Waals surface area (Å²) in [4.78, 5) is 12.6. The van der Waals surface area contributed by atoms with Crippen LogP contribution in [0.3, 0.4) is 0 Å². The maximum Gasteiger partial charge on any atom is 0.220 e. The Balaban J connectivity index is 1.72. The molecule has 2 rings (SSSR count). The minimum atomic E-state index is -1.12. The van der Waals surface area contributed by atoms with E-state index in [0.717, 1.165) is 9.37 Å². The Morgan fingerprint density at radius 2 is 1.96 bits per heavy atom. The Hall–Kier alpha value is -1.73. The molecule has 134 valence electrons. The highest BCUT2D eigenvalue weighted by atomic mass is 79.9. The van der Waals surface area contributed by atoms with Gasteiger partial charge in [0.1, 0.15) is 0 Å². The fraction of sp³-hybridized carbons (Fsp3) is 0.278. The molecule has 0 bridgehead atoms. The number of amides is 1. The first-order valence-electron chi connectivity index (χ1n) is 7.72. The van der Waals surface area contributed by atoms with E-state index in [1.54, 1.807) is 18.2 Å². The van der Waals surface area contributed by atoms with Crippen LogP contribution in [0.15, 0.2) is 51.8 Å². The van der Waals surface area contributed by atoms with E-state index in [1.807, 2.05) is 12.1 Å². The normalized spacial score (nSPS) is 11.8. The number of ether oxygens (including phenoxy) is 1. The van der Waals surface area contributed by atoms with Crippen LogP contribution in [0.2, 0.25) is 0 Å². The van der Waals surface area contributed by atoms with Gasteiger partial charge in [0, 0.05) is 28.1 Å². The molecule has 2 aromatic carbocycles. The number of rotatable bonds is 8. The number of benzene rings is 2. The summed E-state index contributed by atoms with van der Waals surface area (Å²) >= 11 is 3.33. The molecule has 0 saturated carbocycles. The van der Waals surface area contributed by atoms with E-state index in [2.05, 4.69) is 21.2 Å². The summed E-state index contributed by atoms with van der Waals surface area (Å²) in [5, 5.41) is 2.73. The zero-order valence-corrected chi connectivity index (χ0v) is 16.2. The zero-order valence-electron chi connectivity index (χ0n) is 13.8. The highest BCUT2D eigenvalue weighted by Gasteiger charge is 2.08. The molecule has 0 aliphatic carbocycles. The standard InChI is InChI=1S/C18H19BrFNO3S/c1-24-17-9-4-13(11-16(17)20)12-21-18(22)3-2-10-25(23)15-7-5-14(19)6-8-15/h4-9,11H,2-3,10,12H2,1H3,(H,21,22). The average Bonchev–Trinajstić information content (AvgIpc) is 2.60. The number of hydrogen-bond donors (Lipinski definition) is 1. The highest BCUT2D eigenvalue weighted by molar-refractivity contribution is 9.10. The lowest BCUT2D eigenvalue weighted by Crippen LogP contribution is -2.23. The Kier molecular flexibility index (Phi) is 7.58. The average molecular weight is 428 g/mol. The largest absolute Gasteiger partial charge is 0.494 e. The molecule has 2 aromatic rings. The summed E-state index contributed by atoms with van der Waals surface area (Å²) in [5.41, 5.74) is 0.657.